The summed E-state index contributed by atoms with van der Waals surface area (Å²) in [5.41, 5.74) is 1.08. The molecule has 1 aliphatic heterocycles. The first-order valence-electron chi connectivity index (χ1n) is 7.64. The zero-order valence-electron chi connectivity index (χ0n) is 12.6. The van der Waals surface area contributed by atoms with Crippen molar-refractivity contribution in [2.45, 2.75) is 18.9 Å². The van der Waals surface area contributed by atoms with E-state index >= 15 is 0 Å². The molecule has 6 heteroatoms. The lowest BCUT2D eigenvalue weighted by molar-refractivity contribution is 0.0923. The molecule has 0 saturated heterocycles. The molecule has 2 aliphatic rings. The quantitative estimate of drug-likeness (QED) is 0.882. The largest absolute Gasteiger partial charge is 0.349 e. The summed E-state index contributed by atoms with van der Waals surface area (Å²) < 4.78 is 13.0. The number of carbonyl (C=O) groups is 3. The van der Waals surface area contributed by atoms with Crippen molar-refractivity contribution < 1.29 is 18.8 Å². The number of anilines is 1. The topological polar surface area (TPSA) is 66.5 Å². The van der Waals surface area contributed by atoms with Gasteiger partial charge in [0, 0.05) is 11.6 Å². The Morgan fingerprint density at radius 1 is 1.00 bits per heavy atom. The molecule has 24 heavy (non-hydrogen) atoms. The van der Waals surface area contributed by atoms with E-state index in [1.807, 2.05) is 0 Å². The van der Waals surface area contributed by atoms with Gasteiger partial charge in [0.05, 0.1) is 16.8 Å². The highest BCUT2D eigenvalue weighted by Crippen LogP contribution is 2.29. The Hall–Kier alpha value is -3.02. The number of nitrogens with zero attached hydrogens (tertiary/aromatic N) is 1. The molecule has 0 radical (unpaired) electrons. The number of hydrogen-bond donors (Lipinski definition) is 1. The van der Waals surface area contributed by atoms with Crippen molar-refractivity contribution in [1.82, 2.24) is 5.32 Å². The summed E-state index contributed by atoms with van der Waals surface area (Å²) in [6, 6.07) is 9.79. The Morgan fingerprint density at radius 3 is 2.33 bits per heavy atom. The van der Waals surface area contributed by atoms with Gasteiger partial charge in [0.15, 0.2) is 0 Å². The van der Waals surface area contributed by atoms with Crippen LogP contribution < -0.4 is 10.2 Å². The molecule has 3 amide bonds. The second-order valence-electron chi connectivity index (χ2n) is 5.93. The lowest BCUT2D eigenvalue weighted by Crippen LogP contribution is -2.29. The highest BCUT2D eigenvalue weighted by Gasteiger charge is 2.37. The molecule has 0 unspecified atom stereocenters. The fourth-order valence-electron chi connectivity index (χ4n) is 2.70. The number of fused-ring (bicyclic) bond motifs is 1. The van der Waals surface area contributed by atoms with Gasteiger partial charge in [-0.05, 0) is 55.3 Å². The summed E-state index contributed by atoms with van der Waals surface area (Å²) in [5, 5.41) is 2.85. The second kappa shape index (κ2) is 5.26. The predicted molar refractivity (Wildman–Crippen MR) is 84.5 cm³/mol. The van der Waals surface area contributed by atoms with E-state index in [-0.39, 0.29) is 23.1 Å². The third kappa shape index (κ3) is 2.36. The fraction of sp³-hybridized carbons (Fsp3) is 0.167. The van der Waals surface area contributed by atoms with Gasteiger partial charge >= 0.3 is 0 Å². The van der Waals surface area contributed by atoms with Crippen LogP contribution in [0.4, 0.5) is 10.1 Å². The van der Waals surface area contributed by atoms with Crippen molar-refractivity contribution in [2.24, 2.45) is 0 Å². The van der Waals surface area contributed by atoms with Gasteiger partial charge in [-0.25, -0.2) is 9.29 Å². The first kappa shape index (κ1) is 14.6. The van der Waals surface area contributed by atoms with Crippen molar-refractivity contribution in [3.05, 3.63) is 65.0 Å². The van der Waals surface area contributed by atoms with E-state index in [9.17, 15) is 18.8 Å². The van der Waals surface area contributed by atoms with Crippen molar-refractivity contribution in [3.8, 4) is 0 Å². The van der Waals surface area contributed by atoms with Crippen molar-refractivity contribution in [2.75, 3.05) is 4.90 Å². The Balaban J connectivity index is 1.67. The summed E-state index contributed by atoms with van der Waals surface area (Å²) in [5.74, 6) is -1.69. The highest BCUT2D eigenvalue weighted by molar-refractivity contribution is 6.34. The number of benzene rings is 2. The molecular formula is C18H13FN2O3. The van der Waals surface area contributed by atoms with Gasteiger partial charge in [-0.3, -0.25) is 14.4 Å². The molecule has 0 bridgehead atoms. The van der Waals surface area contributed by atoms with Crippen LogP contribution in [-0.4, -0.2) is 23.8 Å². The van der Waals surface area contributed by atoms with E-state index in [1.54, 1.807) is 0 Å². The van der Waals surface area contributed by atoms with Crippen molar-refractivity contribution in [1.29, 1.82) is 0 Å². The van der Waals surface area contributed by atoms with Crippen LogP contribution in [0.1, 0.15) is 43.9 Å². The molecule has 1 N–H and O–H groups in total. The molecule has 0 aromatic heterocycles. The molecule has 2 aromatic rings. The Bertz CT molecular complexity index is 872. The number of nitrogens with one attached hydrogen (secondary N) is 1. The molecule has 0 spiro atoms. The third-order valence-electron chi connectivity index (χ3n) is 4.15. The number of imide groups is 1. The van der Waals surface area contributed by atoms with Gasteiger partial charge in [-0.2, -0.15) is 0 Å². The molecule has 4 rings (SSSR count). The smallest absolute Gasteiger partial charge is 0.266 e. The van der Waals surface area contributed by atoms with E-state index in [4.69, 9.17) is 0 Å². The van der Waals surface area contributed by atoms with Crippen LogP contribution in [0.3, 0.4) is 0 Å². The van der Waals surface area contributed by atoms with E-state index in [1.165, 1.54) is 42.5 Å². The zero-order chi connectivity index (χ0) is 16.8. The Kier molecular flexibility index (Phi) is 3.19. The summed E-state index contributed by atoms with van der Waals surface area (Å²) in [6.45, 7) is 0. The van der Waals surface area contributed by atoms with Crippen molar-refractivity contribution in [3.63, 3.8) is 0 Å². The van der Waals surface area contributed by atoms with Crippen LogP contribution in [0.25, 0.3) is 0 Å². The molecular weight excluding hydrogens is 311 g/mol. The SMILES string of the molecule is O=C(NC1CC1)c1ccc2c(c1)C(=O)N(c1ccc(F)cc1)C2=O. The normalized spacial score (nSPS) is 16.3. The maximum absolute atomic E-state index is 13.0. The van der Waals surface area contributed by atoms with Gasteiger partial charge < -0.3 is 5.32 Å². The molecule has 1 aliphatic carbocycles. The lowest BCUT2D eigenvalue weighted by Gasteiger charge is -2.13. The summed E-state index contributed by atoms with van der Waals surface area (Å²) in [6.07, 6.45) is 1.93. The first-order valence-corrected chi connectivity index (χ1v) is 7.64. The monoisotopic (exact) mass is 324 g/mol. The van der Waals surface area contributed by atoms with E-state index < -0.39 is 17.6 Å². The average molecular weight is 324 g/mol. The Labute approximate surface area is 137 Å². The zero-order valence-corrected chi connectivity index (χ0v) is 12.6. The molecule has 1 saturated carbocycles. The van der Waals surface area contributed by atoms with Crippen LogP contribution >= 0.6 is 0 Å². The minimum absolute atomic E-state index is 0.188. The van der Waals surface area contributed by atoms with Gasteiger partial charge in [-0.15, -0.1) is 0 Å². The van der Waals surface area contributed by atoms with Crippen LogP contribution in [-0.2, 0) is 0 Å². The van der Waals surface area contributed by atoms with Crippen LogP contribution in [0.5, 0.6) is 0 Å². The van der Waals surface area contributed by atoms with Crippen LogP contribution in [0.2, 0.25) is 0 Å². The number of amides is 3. The summed E-state index contributed by atoms with van der Waals surface area (Å²) in [4.78, 5) is 38.2. The van der Waals surface area contributed by atoms with Crippen LogP contribution in [0.15, 0.2) is 42.5 Å². The maximum Gasteiger partial charge on any atom is 0.266 e. The molecule has 2 aromatic carbocycles. The highest BCUT2D eigenvalue weighted by atomic mass is 19.1. The average Bonchev–Trinajstić information content (AvgIpc) is 3.35. The fourth-order valence-corrected chi connectivity index (χ4v) is 2.70. The molecule has 5 nitrogen and oxygen atoms in total. The van der Waals surface area contributed by atoms with E-state index in [0.29, 0.717) is 11.3 Å². The van der Waals surface area contributed by atoms with E-state index in [2.05, 4.69) is 5.32 Å². The van der Waals surface area contributed by atoms with E-state index in [0.717, 1.165) is 17.7 Å². The molecule has 1 heterocycles. The summed E-state index contributed by atoms with van der Waals surface area (Å²) >= 11 is 0. The molecule has 1 fully saturated rings. The third-order valence-corrected chi connectivity index (χ3v) is 4.15. The van der Waals surface area contributed by atoms with Crippen molar-refractivity contribution >= 4 is 23.4 Å². The van der Waals surface area contributed by atoms with Gasteiger partial charge in [0.2, 0.25) is 0 Å². The minimum atomic E-state index is -0.511. The van der Waals surface area contributed by atoms with Crippen LogP contribution in [0, 0.1) is 5.82 Å². The number of hydrogen-bond acceptors (Lipinski definition) is 3. The minimum Gasteiger partial charge on any atom is -0.349 e. The molecule has 0 atom stereocenters. The Morgan fingerprint density at radius 2 is 1.67 bits per heavy atom. The molecule has 120 valence electrons. The number of carbonyl (C=O) groups excluding carboxylic acids is 3. The van der Waals surface area contributed by atoms with Gasteiger partial charge in [0.1, 0.15) is 5.82 Å². The van der Waals surface area contributed by atoms with Gasteiger partial charge in [0.25, 0.3) is 17.7 Å². The first-order chi connectivity index (χ1) is 11.5. The standard InChI is InChI=1S/C18H13FN2O3/c19-11-2-6-13(7-3-11)21-17(23)14-8-1-10(9-15(14)18(21)24)16(22)20-12-4-5-12/h1-3,6-9,12H,4-5H2,(H,20,22). The maximum atomic E-state index is 13.0. The number of rotatable bonds is 3. The number of halogens is 1. The predicted octanol–water partition coefficient (Wildman–Crippen LogP) is 2.52. The second-order valence-corrected chi connectivity index (χ2v) is 5.93. The lowest BCUT2D eigenvalue weighted by atomic mass is 10.1. The van der Waals surface area contributed by atoms with Gasteiger partial charge in [-0.1, -0.05) is 0 Å². The summed E-state index contributed by atoms with van der Waals surface area (Å²) in [7, 11) is 0.